The van der Waals surface area contributed by atoms with Crippen LogP contribution in [-0.4, -0.2) is 6.61 Å². The molecule has 3 heterocycles. The molecule has 1 aromatic carbocycles. The summed E-state index contributed by atoms with van der Waals surface area (Å²) in [5.41, 5.74) is 5.57. The molecule has 1 saturated heterocycles. The Kier molecular flexibility index (Phi) is 3.73. The van der Waals surface area contributed by atoms with Gasteiger partial charge in [0.15, 0.2) is 0 Å². The zero-order chi connectivity index (χ0) is 16.0. The van der Waals surface area contributed by atoms with Crippen molar-refractivity contribution in [2.75, 3.05) is 11.9 Å². The van der Waals surface area contributed by atoms with Gasteiger partial charge in [-0.3, -0.25) is 0 Å². The summed E-state index contributed by atoms with van der Waals surface area (Å²) < 4.78 is 6.27. The molecule has 122 valence electrons. The quantitative estimate of drug-likeness (QED) is 0.727. The highest BCUT2D eigenvalue weighted by Crippen LogP contribution is 2.50. The SMILES string of the molecule is CC(C)(C)c1ccc2c(c1)[C@H]1OCCC[C@H]1[C@H](c1ccsc1)N2. The minimum atomic E-state index is 0.170. The lowest BCUT2D eigenvalue weighted by molar-refractivity contribution is -0.0381. The first kappa shape index (κ1) is 15.2. The molecule has 3 atom stereocenters. The Morgan fingerprint density at radius 1 is 1.22 bits per heavy atom. The number of fused-ring (bicyclic) bond motifs is 3. The van der Waals surface area contributed by atoms with Gasteiger partial charge in [0.2, 0.25) is 0 Å². The van der Waals surface area contributed by atoms with Crippen molar-refractivity contribution >= 4 is 17.0 Å². The van der Waals surface area contributed by atoms with Crippen LogP contribution in [0.5, 0.6) is 0 Å². The van der Waals surface area contributed by atoms with Crippen LogP contribution in [0.3, 0.4) is 0 Å². The lowest BCUT2D eigenvalue weighted by Gasteiger charge is -2.43. The highest BCUT2D eigenvalue weighted by molar-refractivity contribution is 7.08. The standard InChI is InChI=1S/C20H25NOS/c1-20(2,3)14-6-7-17-16(11-14)19-15(5-4-9-22-19)18(21-17)13-8-10-23-12-13/h6-8,10-12,15,18-19,21H,4-5,9H2,1-3H3/t15-,18-,19-/m0/s1. The minimum absolute atomic E-state index is 0.170. The molecule has 4 rings (SSSR count). The van der Waals surface area contributed by atoms with Crippen molar-refractivity contribution in [1.82, 2.24) is 0 Å². The molecule has 2 aliphatic heterocycles. The van der Waals surface area contributed by atoms with Gasteiger partial charge in [0.25, 0.3) is 0 Å². The molecular formula is C20H25NOS. The fourth-order valence-electron chi connectivity index (χ4n) is 3.92. The van der Waals surface area contributed by atoms with E-state index < -0.39 is 0 Å². The zero-order valence-electron chi connectivity index (χ0n) is 14.1. The van der Waals surface area contributed by atoms with E-state index in [0.717, 1.165) is 13.0 Å². The smallest absolute Gasteiger partial charge is 0.0895 e. The topological polar surface area (TPSA) is 21.3 Å². The molecular weight excluding hydrogens is 302 g/mol. The van der Waals surface area contributed by atoms with E-state index >= 15 is 0 Å². The first-order valence-corrected chi connectivity index (χ1v) is 9.53. The largest absolute Gasteiger partial charge is 0.378 e. The summed E-state index contributed by atoms with van der Waals surface area (Å²) >= 11 is 1.78. The van der Waals surface area contributed by atoms with Gasteiger partial charge in [0, 0.05) is 23.8 Å². The number of benzene rings is 1. The summed E-state index contributed by atoms with van der Waals surface area (Å²) in [5, 5.41) is 8.25. The summed E-state index contributed by atoms with van der Waals surface area (Å²) in [6.45, 7) is 7.71. The van der Waals surface area contributed by atoms with E-state index in [9.17, 15) is 0 Å². The van der Waals surface area contributed by atoms with E-state index in [1.165, 1.54) is 28.8 Å². The molecule has 0 saturated carbocycles. The fraction of sp³-hybridized carbons (Fsp3) is 0.500. The van der Waals surface area contributed by atoms with Gasteiger partial charge >= 0.3 is 0 Å². The van der Waals surface area contributed by atoms with Crippen LogP contribution < -0.4 is 5.32 Å². The molecule has 0 radical (unpaired) electrons. The molecule has 23 heavy (non-hydrogen) atoms. The number of anilines is 1. The van der Waals surface area contributed by atoms with Crippen LogP contribution in [0.2, 0.25) is 0 Å². The Labute approximate surface area is 142 Å². The Bertz CT molecular complexity index is 686. The maximum absolute atomic E-state index is 6.27. The Balaban J connectivity index is 1.78. The minimum Gasteiger partial charge on any atom is -0.378 e. The highest BCUT2D eigenvalue weighted by Gasteiger charge is 2.40. The molecule has 2 nitrogen and oxygen atoms in total. The molecule has 0 aliphatic carbocycles. The Hall–Kier alpha value is -1.32. The second-order valence-electron chi connectivity index (χ2n) is 7.83. The summed E-state index contributed by atoms with van der Waals surface area (Å²) in [4.78, 5) is 0. The first-order chi connectivity index (χ1) is 11.0. The molecule has 3 heteroatoms. The van der Waals surface area contributed by atoms with E-state index in [2.05, 4.69) is 61.1 Å². The molecule has 1 aromatic heterocycles. The van der Waals surface area contributed by atoms with Gasteiger partial charge in [-0.15, -0.1) is 0 Å². The Morgan fingerprint density at radius 2 is 2.09 bits per heavy atom. The van der Waals surface area contributed by atoms with Gasteiger partial charge in [-0.1, -0.05) is 32.9 Å². The van der Waals surface area contributed by atoms with Crippen molar-refractivity contribution in [2.24, 2.45) is 5.92 Å². The molecule has 2 aliphatic rings. The maximum atomic E-state index is 6.27. The third kappa shape index (κ3) is 2.70. The van der Waals surface area contributed by atoms with Gasteiger partial charge in [-0.25, -0.2) is 0 Å². The first-order valence-electron chi connectivity index (χ1n) is 8.59. The lowest BCUT2D eigenvalue weighted by Crippen LogP contribution is -2.36. The number of thiophene rings is 1. The lowest BCUT2D eigenvalue weighted by atomic mass is 9.76. The molecule has 2 aromatic rings. The third-order valence-electron chi connectivity index (χ3n) is 5.23. The average Bonchev–Trinajstić information content (AvgIpc) is 3.07. The average molecular weight is 327 g/mol. The van der Waals surface area contributed by atoms with Crippen LogP contribution in [0.25, 0.3) is 0 Å². The number of nitrogens with one attached hydrogen (secondary N) is 1. The van der Waals surface area contributed by atoms with Crippen LogP contribution in [0, 0.1) is 5.92 Å². The monoisotopic (exact) mass is 327 g/mol. The van der Waals surface area contributed by atoms with Gasteiger partial charge in [-0.2, -0.15) is 11.3 Å². The van der Waals surface area contributed by atoms with Crippen LogP contribution in [0.4, 0.5) is 5.69 Å². The predicted molar refractivity (Wildman–Crippen MR) is 97.2 cm³/mol. The van der Waals surface area contributed by atoms with Crippen LogP contribution >= 0.6 is 11.3 Å². The van der Waals surface area contributed by atoms with Crippen molar-refractivity contribution in [3.05, 3.63) is 51.7 Å². The number of hydrogen-bond acceptors (Lipinski definition) is 3. The predicted octanol–water partition coefficient (Wildman–Crippen LogP) is 5.68. The van der Waals surface area contributed by atoms with Crippen molar-refractivity contribution < 1.29 is 4.74 Å². The normalized spacial score (nSPS) is 27.0. The summed E-state index contributed by atoms with van der Waals surface area (Å²) in [6.07, 6.45) is 2.63. The van der Waals surface area contributed by atoms with Crippen molar-refractivity contribution in [3.63, 3.8) is 0 Å². The number of rotatable bonds is 1. The number of hydrogen-bond donors (Lipinski definition) is 1. The summed E-state index contributed by atoms with van der Waals surface area (Å²) in [7, 11) is 0. The number of ether oxygens (including phenoxy) is 1. The van der Waals surface area contributed by atoms with Crippen molar-refractivity contribution in [2.45, 2.75) is 51.2 Å². The van der Waals surface area contributed by atoms with Crippen LogP contribution in [0.1, 0.15) is 62.4 Å². The van der Waals surface area contributed by atoms with E-state index in [0.29, 0.717) is 12.0 Å². The maximum Gasteiger partial charge on any atom is 0.0895 e. The fourth-order valence-corrected chi connectivity index (χ4v) is 4.62. The summed E-state index contributed by atoms with van der Waals surface area (Å²) in [6, 6.07) is 9.51. The molecule has 1 fully saturated rings. The van der Waals surface area contributed by atoms with Gasteiger partial charge < -0.3 is 10.1 Å². The zero-order valence-corrected chi connectivity index (χ0v) is 15.0. The van der Waals surface area contributed by atoms with Gasteiger partial charge in [-0.05, 0) is 52.3 Å². The second-order valence-corrected chi connectivity index (χ2v) is 8.61. The van der Waals surface area contributed by atoms with E-state index in [1.54, 1.807) is 11.3 Å². The van der Waals surface area contributed by atoms with Gasteiger partial charge in [0.05, 0.1) is 12.1 Å². The second kappa shape index (κ2) is 5.64. The molecule has 0 bridgehead atoms. The molecule has 0 spiro atoms. The summed E-state index contributed by atoms with van der Waals surface area (Å²) in [5.74, 6) is 0.529. The van der Waals surface area contributed by atoms with E-state index in [-0.39, 0.29) is 11.5 Å². The van der Waals surface area contributed by atoms with Crippen LogP contribution in [0.15, 0.2) is 35.0 Å². The van der Waals surface area contributed by atoms with Gasteiger partial charge in [0.1, 0.15) is 0 Å². The molecule has 1 N–H and O–H groups in total. The molecule has 0 amide bonds. The van der Waals surface area contributed by atoms with Crippen LogP contribution in [-0.2, 0) is 10.2 Å². The molecule has 0 unspecified atom stereocenters. The van der Waals surface area contributed by atoms with Crippen molar-refractivity contribution in [3.8, 4) is 0 Å². The highest BCUT2D eigenvalue weighted by atomic mass is 32.1. The Morgan fingerprint density at radius 3 is 2.83 bits per heavy atom. The van der Waals surface area contributed by atoms with E-state index in [4.69, 9.17) is 4.74 Å². The van der Waals surface area contributed by atoms with E-state index in [1.807, 2.05) is 0 Å². The third-order valence-corrected chi connectivity index (χ3v) is 5.94. The van der Waals surface area contributed by atoms with Crippen molar-refractivity contribution in [1.29, 1.82) is 0 Å².